The predicted molar refractivity (Wildman–Crippen MR) is 245 cm³/mol. The van der Waals surface area contributed by atoms with Crippen molar-refractivity contribution in [2.45, 2.75) is 0 Å². The lowest BCUT2D eigenvalue weighted by atomic mass is 9.98. The molecule has 3 aromatic heterocycles. The molecule has 12 rings (SSSR count). The summed E-state index contributed by atoms with van der Waals surface area (Å²) in [6.45, 7) is 0. The van der Waals surface area contributed by atoms with E-state index in [4.69, 9.17) is 0 Å². The molecule has 0 aliphatic heterocycles. The van der Waals surface area contributed by atoms with E-state index in [1.165, 1.54) is 48.9 Å². The fraction of sp³-hybridized carbons (Fsp3) is 0. The molecule has 0 radical (unpaired) electrons. The van der Waals surface area contributed by atoms with Gasteiger partial charge in [-0.05, 0) is 102 Å². The summed E-state index contributed by atoms with van der Waals surface area (Å²) in [6, 6.07) is 76.1. The van der Waals surface area contributed by atoms with Crippen LogP contribution in [0.5, 0.6) is 0 Å². The summed E-state index contributed by atoms with van der Waals surface area (Å²) in [5.41, 5.74) is 15.2. The van der Waals surface area contributed by atoms with Crippen LogP contribution in [0, 0.1) is 11.3 Å². The highest BCUT2D eigenvalue weighted by molar-refractivity contribution is 6.18. The SMILES string of the molecule is N#Cc1ccc(-n2c3ccccc3c3c(-c4ccc5c6ccccc6n(-c6ccccc6)c5c4)cccc32)c(-c2ccc3c(c2)c2ccccc2n3-c2ccccc2)c1. The molecule has 9 aromatic carbocycles. The predicted octanol–water partition coefficient (Wildman–Crippen LogP) is 14.2. The van der Waals surface area contributed by atoms with E-state index in [9.17, 15) is 5.26 Å². The van der Waals surface area contributed by atoms with Gasteiger partial charge in [0.05, 0.1) is 50.4 Å². The van der Waals surface area contributed by atoms with Crippen LogP contribution in [-0.2, 0) is 0 Å². The Bertz CT molecular complexity index is 3670. The highest BCUT2D eigenvalue weighted by atomic mass is 15.0. The van der Waals surface area contributed by atoms with E-state index < -0.39 is 0 Å². The number of rotatable bonds is 5. The first-order chi connectivity index (χ1) is 29.2. The minimum Gasteiger partial charge on any atom is -0.309 e. The Hall–Kier alpha value is -8.13. The summed E-state index contributed by atoms with van der Waals surface area (Å²) in [6.07, 6.45) is 0. The summed E-state index contributed by atoms with van der Waals surface area (Å²) >= 11 is 0. The maximum Gasteiger partial charge on any atom is 0.0991 e. The van der Waals surface area contributed by atoms with Gasteiger partial charge in [0.1, 0.15) is 0 Å². The van der Waals surface area contributed by atoms with E-state index in [0.717, 1.165) is 55.8 Å². The number of hydrogen-bond donors (Lipinski definition) is 0. The molecule has 0 atom stereocenters. The number of nitrogens with zero attached hydrogens (tertiary/aromatic N) is 4. The van der Waals surface area contributed by atoms with Crippen molar-refractivity contribution in [2.24, 2.45) is 0 Å². The zero-order valence-electron chi connectivity index (χ0n) is 31.9. The van der Waals surface area contributed by atoms with Crippen LogP contribution in [0.15, 0.2) is 206 Å². The molecule has 12 aromatic rings. The zero-order chi connectivity index (χ0) is 39.0. The van der Waals surface area contributed by atoms with Crippen LogP contribution in [0.3, 0.4) is 0 Å². The van der Waals surface area contributed by atoms with Crippen molar-refractivity contribution < 1.29 is 0 Å². The van der Waals surface area contributed by atoms with Gasteiger partial charge < -0.3 is 13.7 Å². The Morgan fingerprint density at radius 1 is 0.322 bits per heavy atom. The zero-order valence-corrected chi connectivity index (χ0v) is 31.9. The third-order valence-electron chi connectivity index (χ3n) is 12.1. The molecule has 0 unspecified atom stereocenters. The van der Waals surface area contributed by atoms with Gasteiger partial charge in [0, 0.05) is 49.3 Å². The van der Waals surface area contributed by atoms with Crippen molar-refractivity contribution in [3.63, 3.8) is 0 Å². The fourth-order valence-electron chi connectivity index (χ4n) is 9.54. The molecular weight excluding hydrogens is 717 g/mol. The van der Waals surface area contributed by atoms with Crippen molar-refractivity contribution >= 4 is 65.4 Å². The molecule has 0 aliphatic rings. The van der Waals surface area contributed by atoms with Gasteiger partial charge in [0.25, 0.3) is 0 Å². The van der Waals surface area contributed by atoms with Gasteiger partial charge in [-0.3, -0.25) is 0 Å². The molecule has 0 spiro atoms. The van der Waals surface area contributed by atoms with Crippen LogP contribution >= 0.6 is 0 Å². The molecule has 4 nitrogen and oxygen atoms in total. The largest absolute Gasteiger partial charge is 0.309 e. The van der Waals surface area contributed by atoms with Gasteiger partial charge in [-0.25, -0.2) is 0 Å². The maximum absolute atomic E-state index is 10.2. The number of benzene rings is 9. The topological polar surface area (TPSA) is 38.6 Å². The number of fused-ring (bicyclic) bond motifs is 9. The van der Waals surface area contributed by atoms with Crippen molar-refractivity contribution in [2.75, 3.05) is 0 Å². The summed E-state index contributed by atoms with van der Waals surface area (Å²) in [5.74, 6) is 0. The fourth-order valence-corrected chi connectivity index (χ4v) is 9.54. The van der Waals surface area contributed by atoms with E-state index in [1.807, 2.05) is 12.1 Å². The Labute approximate surface area is 340 Å². The third kappa shape index (κ3) is 4.95. The quantitative estimate of drug-likeness (QED) is 0.173. The average molecular weight is 751 g/mol. The van der Waals surface area contributed by atoms with E-state index in [-0.39, 0.29) is 0 Å². The number of aromatic nitrogens is 3. The van der Waals surface area contributed by atoms with Crippen molar-refractivity contribution in [1.82, 2.24) is 13.7 Å². The van der Waals surface area contributed by atoms with Crippen molar-refractivity contribution in [1.29, 1.82) is 5.26 Å². The van der Waals surface area contributed by atoms with Crippen LogP contribution in [0.1, 0.15) is 5.56 Å². The number of hydrogen-bond acceptors (Lipinski definition) is 1. The molecule has 0 bridgehead atoms. The van der Waals surface area contributed by atoms with Crippen LogP contribution < -0.4 is 0 Å². The second-order valence-corrected chi connectivity index (χ2v) is 15.2. The van der Waals surface area contributed by atoms with Gasteiger partial charge in [0.2, 0.25) is 0 Å². The molecule has 0 amide bonds. The molecule has 274 valence electrons. The van der Waals surface area contributed by atoms with Crippen LogP contribution in [-0.4, -0.2) is 13.7 Å². The summed E-state index contributed by atoms with van der Waals surface area (Å²) < 4.78 is 7.11. The molecule has 3 heterocycles. The Balaban J connectivity index is 1.10. The first kappa shape index (κ1) is 33.1. The highest BCUT2D eigenvalue weighted by Gasteiger charge is 2.21. The second kappa shape index (κ2) is 13.0. The summed E-state index contributed by atoms with van der Waals surface area (Å²) in [5, 5.41) is 17.4. The van der Waals surface area contributed by atoms with Crippen LogP contribution in [0.2, 0.25) is 0 Å². The molecular formula is C55H34N4. The second-order valence-electron chi connectivity index (χ2n) is 15.2. The minimum atomic E-state index is 0.624. The van der Waals surface area contributed by atoms with Crippen molar-refractivity contribution in [3.8, 4) is 45.4 Å². The third-order valence-corrected chi connectivity index (χ3v) is 12.1. The Morgan fingerprint density at radius 3 is 1.54 bits per heavy atom. The monoisotopic (exact) mass is 750 g/mol. The Morgan fingerprint density at radius 2 is 0.847 bits per heavy atom. The van der Waals surface area contributed by atoms with Gasteiger partial charge in [0.15, 0.2) is 0 Å². The van der Waals surface area contributed by atoms with Crippen LogP contribution in [0.4, 0.5) is 0 Å². The van der Waals surface area contributed by atoms with Gasteiger partial charge in [-0.2, -0.15) is 5.26 Å². The lowest BCUT2D eigenvalue weighted by Crippen LogP contribution is -1.98. The first-order valence-corrected chi connectivity index (χ1v) is 20.0. The number of nitriles is 1. The highest BCUT2D eigenvalue weighted by Crippen LogP contribution is 2.43. The normalized spacial score (nSPS) is 11.7. The van der Waals surface area contributed by atoms with E-state index >= 15 is 0 Å². The van der Waals surface area contributed by atoms with E-state index in [0.29, 0.717) is 5.56 Å². The first-order valence-electron chi connectivity index (χ1n) is 20.0. The van der Waals surface area contributed by atoms with Gasteiger partial charge >= 0.3 is 0 Å². The summed E-state index contributed by atoms with van der Waals surface area (Å²) in [7, 11) is 0. The minimum absolute atomic E-state index is 0.624. The van der Waals surface area contributed by atoms with E-state index in [1.54, 1.807) is 0 Å². The lowest BCUT2D eigenvalue weighted by Gasteiger charge is -2.15. The molecule has 0 saturated heterocycles. The maximum atomic E-state index is 10.2. The molecule has 0 N–H and O–H groups in total. The van der Waals surface area contributed by atoms with E-state index in [2.05, 4.69) is 214 Å². The summed E-state index contributed by atoms with van der Waals surface area (Å²) in [4.78, 5) is 0. The lowest BCUT2D eigenvalue weighted by molar-refractivity contribution is 1.18. The average Bonchev–Trinajstić information content (AvgIpc) is 3.94. The standard InChI is InChI=1S/C55H34N4/c56-35-36-26-30-51(46(32-36)37-28-31-52-47(33-37)43-19-8-11-23-49(43)57(52)39-14-3-1-4-15-39)59-50-24-12-9-20-45(50)55-41(21-13-25-53(55)59)38-27-29-44-42-18-7-10-22-48(42)58(54(44)34-38)40-16-5-2-6-17-40/h1-34H. The molecule has 0 saturated carbocycles. The Kier molecular flexibility index (Phi) is 7.26. The molecule has 0 fully saturated rings. The molecule has 4 heteroatoms. The van der Waals surface area contributed by atoms with Crippen LogP contribution in [0.25, 0.3) is 105 Å². The molecule has 59 heavy (non-hydrogen) atoms. The van der Waals surface area contributed by atoms with Crippen molar-refractivity contribution in [3.05, 3.63) is 212 Å². The smallest absolute Gasteiger partial charge is 0.0991 e. The molecule has 0 aliphatic carbocycles. The van der Waals surface area contributed by atoms with Gasteiger partial charge in [-0.15, -0.1) is 0 Å². The van der Waals surface area contributed by atoms with Gasteiger partial charge in [-0.1, -0.05) is 121 Å². The number of para-hydroxylation sites is 5.